The van der Waals surface area contributed by atoms with Crippen LogP contribution in [0.1, 0.15) is 198 Å². The van der Waals surface area contributed by atoms with Crippen molar-refractivity contribution in [2.75, 3.05) is 0 Å². The van der Waals surface area contributed by atoms with Gasteiger partial charge in [-0.2, -0.15) is 0 Å². The van der Waals surface area contributed by atoms with Crippen LogP contribution in [0.5, 0.6) is 0 Å². The van der Waals surface area contributed by atoms with E-state index in [2.05, 4.69) is 0 Å². The van der Waals surface area contributed by atoms with Gasteiger partial charge < -0.3 is 0 Å². The van der Waals surface area contributed by atoms with Crippen molar-refractivity contribution in [1.29, 1.82) is 0 Å². The Labute approximate surface area is 306 Å². The Hall–Kier alpha value is 1.21. The number of furan rings is 1. The number of halogens is 2. The molecule has 0 N–H and O–H groups in total. The summed E-state index contributed by atoms with van der Waals surface area (Å²) in [5.74, 6) is 0.763. The van der Waals surface area contributed by atoms with Gasteiger partial charge in [-0.1, -0.05) is 131 Å². The molecular weight excluding hydrogens is 742 g/mol. The van der Waals surface area contributed by atoms with Gasteiger partial charge in [0.15, 0.2) is 0 Å². The second kappa shape index (κ2) is 23.0. The van der Waals surface area contributed by atoms with Gasteiger partial charge in [-0.05, 0) is 111 Å². The van der Waals surface area contributed by atoms with Gasteiger partial charge in [0.25, 0.3) is 0 Å². The van der Waals surface area contributed by atoms with Gasteiger partial charge in [-0.3, -0.25) is 0 Å². The first kappa shape index (κ1) is 39.4. The van der Waals surface area contributed by atoms with E-state index in [-0.39, 0.29) is 0 Å². The molecule has 1 heterocycles. The Bertz CT molecular complexity index is 809. The van der Waals surface area contributed by atoms with Gasteiger partial charge >= 0.3 is 66.1 Å². The third kappa shape index (κ3) is 13.6. The summed E-state index contributed by atoms with van der Waals surface area (Å²) in [5.41, 5.74) is 7.14. The molecule has 1 aromatic rings. The van der Waals surface area contributed by atoms with Crippen molar-refractivity contribution in [3.05, 3.63) is 24.2 Å². The molecule has 0 atom stereocenters. The van der Waals surface area contributed by atoms with Crippen LogP contribution < -0.4 is 0 Å². The van der Waals surface area contributed by atoms with Crippen LogP contribution in [-0.4, -0.2) is 38.6 Å². The molecule has 1 nitrogen and oxygen atoms in total. The molecule has 6 fully saturated rings. The number of hydrogen-bond donors (Lipinski definition) is 0. The molecule has 0 bridgehead atoms. The van der Waals surface area contributed by atoms with Crippen molar-refractivity contribution >= 4 is 39.8 Å². The van der Waals surface area contributed by atoms with Crippen LogP contribution in [0.2, 0.25) is 0 Å². The van der Waals surface area contributed by atoms with Gasteiger partial charge in [0.05, 0.1) is 0 Å². The zero-order valence-corrected chi connectivity index (χ0v) is 34.9. The van der Waals surface area contributed by atoms with Crippen LogP contribution in [0, 0.1) is 0 Å². The topological polar surface area (TPSA) is 13.1 Å². The Morgan fingerprint density at radius 3 is 0.894 bits per heavy atom. The standard InChI is InChI=1S/2C18H33P.C5H4O.2ClH.Ru/c2*1-4-10-16(11-5-1)19(17-12-6-2-7-13-17)18-14-8-3-9-15-18;1-5-3-2-4-6-5;;;/h2*16-18H,1-15H2;1-4H;2*1H;/q;;;;;+2/p-2. The van der Waals surface area contributed by atoms with Crippen molar-refractivity contribution in [3.63, 3.8) is 0 Å². The van der Waals surface area contributed by atoms with E-state index in [1.165, 1.54) is 72.5 Å². The average molecular weight is 813 g/mol. The van der Waals surface area contributed by atoms with Gasteiger partial charge in [0.1, 0.15) is 0 Å². The van der Waals surface area contributed by atoms with Crippen molar-refractivity contribution in [3.8, 4) is 0 Å². The van der Waals surface area contributed by atoms with Crippen molar-refractivity contribution < 1.29 is 17.9 Å². The van der Waals surface area contributed by atoms with Crippen LogP contribution in [0.25, 0.3) is 0 Å². The molecule has 7 rings (SSSR count). The van der Waals surface area contributed by atoms with E-state index in [1.54, 1.807) is 171 Å². The van der Waals surface area contributed by atoms with Crippen LogP contribution in [0.4, 0.5) is 0 Å². The Morgan fingerprint density at radius 2 is 0.702 bits per heavy atom. The summed E-state index contributed by atoms with van der Waals surface area (Å²) >= 11 is -1.67. The average Bonchev–Trinajstić information content (AvgIpc) is 3.65. The van der Waals surface area contributed by atoms with E-state index < -0.39 is 13.5 Å². The molecule has 0 aliphatic heterocycles. The summed E-state index contributed by atoms with van der Waals surface area (Å²) < 4.78 is 6.71. The zero-order chi connectivity index (χ0) is 32.5. The van der Waals surface area contributed by atoms with Crippen molar-refractivity contribution in [2.45, 2.75) is 227 Å². The molecule has 47 heavy (non-hydrogen) atoms. The Kier molecular flexibility index (Phi) is 19.3. The Morgan fingerprint density at radius 1 is 0.447 bits per heavy atom. The summed E-state index contributed by atoms with van der Waals surface area (Å²) in [6, 6.07) is 3.63. The molecule has 0 aromatic carbocycles. The van der Waals surface area contributed by atoms with E-state index in [9.17, 15) is 0 Å². The molecule has 272 valence electrons. The molecule has 1 aromatic heterocycles. The quantitative estimate of drug-likeness (QED) is 0.197. The van der Waals surface area contributed by atoms with Gasteiger partial charge in [-0.25, -0.2) is 0 Å². The molecule has 6 saturated carbocycles. The second-order valence-corrected chi connectivity index (χ2v) is 27.9. The summed E-state index contributed by atoms with van der Waals surface area (Å²) in [6.45, 7) is 0. The van der Waals surface area contributed by atoms with E-state index in [1.807, 2.05) is 6.07 Å². The maximum absolute atomic E-state index is 5.56. The normalized spacial score (nSPS) is 25.5. The molecule has 0 saturated heterocycles. The minimum atomic E-state index is -1.67. The predicted molar refractivity (Wildman–Crippen MR) is 211 cm³/mol. The monoisotopic (exact) mass is 812 g/mol. The van der Waals surface area contributed by atoms with Crippen LogP contribution in [-0.2, 0) is 13.5 Å². The summed E-state index contributed by atoms with van der Waals surface area (Å²) in [7, 11) is 11.9. The third-order valence-corrected chi connectivity index (χ3v) is 22.6. The maximum atomic E-state index is 5.56. The third-order valence-electron chi connectivity index (χ3n) is 12.7. The fourth-order valence-electron chi connectivity index (χ4n) is 10.5. The molecule has 6 heteroatoms. The molecule has 0 amide bonds. The van der Waals surface area contributed by atoms with Crippen LogP contribution in [0.15, 0.2) is 22.8 Å². The van der Waals surface area contributed by atoms with Crippen LogP contribution >= 0.6 is 35.2 Å². The van der Waals surface area contributed by atoms with E-state index >= 15 is 0 Å². The minimum absolute atomic E-state index is 0.385. The molecule has 6 aliphatic rings. The first-order chi connectivity index (χ1) is 23.2. The fraction of sp³-hybridized carbons (Fsp3) is 0.878. The number of hydrogen-bond acceptors (Lipinski definition) is 1. The molecule has 6 aliphatic carbocycles. The van der Waals surface area contributed by atoms with Gasteiger partial charge in [0, 0.05) is 0 Å². The van der Waals surface area contributed by atoms with Gasteiger partial charge in [0.2, 0.25) is 0 Å². The summed E-state index contributed by atoms with van der Waals surface area (Å²) in [4.78, 5) is 0. The van der Waals surface area contributed by atoms with E-state index in [4.69, 9.17) is 23.8 Å². The molecule has 0 radical (unpaired) electrons. The predicted octanol–water partition coefficient (Wildman–Crippen LogP) is 15.3. The van der Waals surface area contributed by atoms with Crippen molar-refractivity contribution in [2.24, 2.45) is 0 Å². The van der Waals surface area contributed by atoms with Crippen molar-refractivity contribution in [1.82, 2.24) is 0 Å². The SMILES string of the molecule is C1CCC(P(C2CCCCC2)C2CCCCC2)CC1.C1CCC(P(C2CCCCC2)C2CCCCC2)CC1.[Cl][Ru]([Cl])=[CH]c1ccco1. The van der Waals surface area contributed by atoms with Gasteiger partial charge in [-0.15, -0.1) is 0 Å². The summed E-state index contributed by atoms with van der Waals surface area (Å²) in [6.07, 6.45) is 48.8. The Balaban J connectivity index is 0.000000148. The molecule has 0 spiro atoms. The van der Waals surface area contributed by atoms with E-state index in [0.29, 0.717) is 15.8 Å². The van der Waals surface area contributed by atoms with E-state index in [0.717, 1.165) is 5.76 Å². The fourth-order valence-corrected chi connectivity index (χ4v) is 21.4. The molecular formula is C41H70Cl2OP2Ru. The zero-order valence-electron chi connectivity index (χ0n) is 29.9. The second-order valence-electron chi connectivity index (χ2n) is 16.0. The molecule has 0 unspecified atom stereocenters. The first-order valence-corrected chi connectivity index (χ1v) is 29.2. The summed E-state index contributed by atoms with van der Waals surface area (Å²) in [5, 5.41) is 0. The first-order valence-electron chi connectivity index (χ1n) is 20.6. The number of rotatable bonds is 7. The van der Waals surface area contributed by atoms with Crippen LogP contribution in [0.3, 0.4) is 0 Å².